The molecule has 0 radical (unpaired) electrons. The van der Waals surface area contributed by atoms with Crippen LogP contribution in [0.2, 0.25) is 0 Å². The highest BCUT2D eigenvalue weighted by molar-refractivity contribution is 5.81. The summed E-state index contributed by atoms with van der Waals surface area (Å²) in [5.74, 6) is 0.423. The normalized spacial score (nSPS) is 40.8. The van der Waals surface area contributed by atoms with Crippen molar-refractivity contribution in [3.05, 3.63) is 0 Å². The molecule has 2 fully saturated rings. The summed E-state index contributed by atoms with van der Waals surface area (Å²) in [7, 11) is 0. The van der Waals surface area contributed by atoms with Gasteiger partial charge in [-0.1, -0.05) is 0 Å². The van der Waals surface area contributed by atoms with Crippen LogP contribution >= 0.6 is 0 Å². The molecule has 0 atom stereocenters. The molecule has 0 unspecified atom stereocenters. The van der Waals surface area contributed by atoms with Crippen molar-refractivity contribution in [3.63, 3.8) is 0 Å². The number of primary amides is 1. The Labute approximate surface area is 71.9 Å². The molecule has 0 aromatic rings. The molecule has 0 aromatic heterocycles. The van der Waals surface area contributed by atoms with E-state index in [9.17, 15) is 4.79 Å². The molecule has 2 saturated heterocycles. The summed E-state index contributed by atoms with van der Waals surface area (Å²) in [6, 6.07) is 0. The molecule has 2 aliphatic heterocycles. The van der Waals surface area contributed by atoms with Crippen LogP contribution in [0.25, 0.3) is 0 Å². The van der Waals surface area contributed by atoms with Gasteiger partial charge in [-0.2, -0.15) is 0 Å². The number of hydrogen-bond donors (Lipinski definition) is 3. The smallest absolute Gasteiger partial charge is 0.226 e. The lowest BCUT2D eigenvalue weighted by Gasteiger charge is -2.43. The van der Waals surface area contributed by atoms with Crippen LogP contribution in [0.3, 0.4) is 0 Å². The second-order valence-electron chi connectivity index (χ2n) is 3.98. The molecule has 2 rings (SSSR count). The van der Waals surface area contributed by atoms with Gasteiger partial charge in [-0.25, -0.2) is 0 Å². The number of piperidine rings is 2. The first kappa shape index (κ1) is 8.01. The van der Waals surface area contributed by atoms with E-state index in [1.54, 1.807) is 0 Å². The van der Waals surface area contributed by atoms with Gasteiger partial charge in [0.15, 0.2) is 0 Å². The maximum atomic E-state index is 11.2. The average Bonchev–Trinajstić information content (AvgIpc) is 2.04. The average molecular weight is 169 g/mol. The quantitative estimate of drug-likeness (QED) is 0.455. The van der Waals surface area contributed by atoms with Crippen molar-refractivity contribution in [2.45, 2.75) is 6.42 Å². The van der Waals surface area contributed by atoms with E-state index in [2.05, 4.69) is 10.6 Å². The SMILES string of the molecule is NC(=O)C12CNCC(CNC1)C2. The van der Waals surface area contributed by atoms with E-state index in [1.807, 2.05) is 0 Å². The Bertz CT molecular complexity index is 194. The third kappa shape index (κ3) is 1.11. The largest absolute Gasteiger partial charge is 0.369 e. The van der Waals surface area contributed by atoms with Gasteiger partial charge in [0.1, 0.15) is 0 Å². The number of nitrogens with one attached hydrogen (secondary N) is 2. The number of fused-ring (bicyclic) bond motifs is 2. The highest BCUT2D eigenvalue weighted by Crippen LogP contribution is 2.31. The predicted molar refractivity (Wildman–Crippen MR) is 45.5 cm³/mol. The zero-order valence-corrected chi connectivity index (χ0v) is 7.10. The number of amides is 1. The van der Waals surface area contributed by atoms with Gasteiger partial charge in [0, 0.05) is 13.1 Å². The molecule has 68 valence electrons. The van der Waals surface area contributed by atoms with E-state index in [4.69, 9.17) is 5.73 Å². The summed E-state index contributed by atoms with van der Waals surface area (Å²) in [6.45, 7) is 3.52. The Morgan fingerprint density at radius 1 is 1.33 bits per heavy atom. The first-order chi connectivity index (χ1) is 5.73. The van der Waals surface area contributed by atoms with Crippen LogP contribution in [-0.4, -0.2) is 32.1 Å². The lowest BCUT2D eigenvalue weighted by molar-refractivity contribution is -0.130. The lowest BCUT2D eigenvalue weighted by Crippen LogP contribution is -2.61. The van der Waals surface area contributed by atoms with Crippen molar-refractivity contribution in [3.8, 4) is 0 Å². The molecule has 0 spiro atoms. The van der Waals surface area contributed by atoms with Crippen LogP contribution in [-0.2, 0) is 4.79 Å². The second kappa shape index (κ2) is 2.71. The summed E-state index contributed by atoms with van der Waals surface area (Å²) < 4.78 is 0. The fraction of sp³-hybridized carbons (Fsp3) is 0.875. The molecule has 2 heterocycles. The van der Waals surface area contributed by atoms with Crippen LogP contribution < -0.4 is 16.4 Å². The van der Waals surface area contributed by atoms with E-state index < -0.39 is 0 Å². The summed E-state index contributed by atoms with van der Waals surface area (Å²) in [4.78, 5) is 11.2. The molecule has 4 N–H and O–H groups in total. The summed E-state index contributed by atoms with van der Waals surface area (Å²) in [6.07, 6.45) is 0.961. The van der Waals surface area contributed by atoms with Crippen molar-refractivity contribution >= 4 is 5.91 Å². The van der Waals surface area contributed by atoms with Gasteiger partial charge in [-0.3, -0.25) is 4.79 Å². The minimum Gasteiger partial charge on any atom is -0.369 e. The van der Waals surface area contributed by atoms with Gasteiger partial charge in [0.2, 0.25) is 5.91 Å². The molecular weight excluding hydrogens is 154 g/mol. The van der Waals surface area contributed by atoms with Crippen LogP contribution in [0.15, 0.2) is 0 Å². The Morgan fingerprint density at radius 2 is 1.92 bits per heavy atom. The maximum absolute atomic E-state index is 11.2. The summed E-state index contributed by atoms with van der Waals surface area (Å²) in [5.41, 5.74) is 5.09. The molecule has 2 bridgehead atoms. The van der Waals surface area contributed by atoms with Crippen molar-refractivity contribution in [2.24, 2.45) is 17.1 Å². The predicted octanol–water partition coefficient (Wildman–Crippen LogP) is -1.33. The van der Waals surface area contributed by atoms with Crippen LogP contribution in [0.1, 0.15) is 6.42 Å². The fourth-order valence-corrected chi connectivity index (χ4v) is 2.28. The molecular formula is C8H15N3O. The van der Waals surface area contributed by atoms with E-state index >= 15 is 0 Å². The topological polar surface area (TPSA) is 67.2 Å². The van der Waals surface area contributed by atoms with Crippen molar-refractivity contribution in [1.82, 2.24) is 10.6 Å². The van der Waals surface area contributed by atoms with Crippen molar-refractivity contribution in [1.29, 1.82) is 0 Å². The molecule has 0 aliphatic carbocycles. The Balaban J connectivity index is 2.17. The van der Waals surface area contributed by atoms with E-state index in [1.165, 1.54) is 0 Å². The first-order valence-electron chi connectivity index (χ1n) is 4.44. The first-order valence-corrected chi connectivity index (χ1v) is 4.44. The highest BCUT2D eigenvalue weighted by Gasteiger charge is 2.43. The van der Waals surface area contributed by atoms with Crippen LogP contribution in [0, 0.1) is 11.3 Å². The molecule has 0 aromatic carbocycles. The second-order valence-corrected chi connectivity index (χ2v) is 3.98. The molecule has 4 heteroatoms. The van der Waals surface area contributed by atoms with Gasteiger partial charge in [-0.15, -0.1) is 0 Å². The molecule has 12 heavy (non-hydrogen) atoms. The van der Waals surface area contributed by atoms with E-state index in [0.717, 1.165) is 32.6 Å². The number of rotatable bonds is 1. The number of nitrogens with two attached hydrogens (primary N) is 1. The molecule has 1 amide bonds. The zero-order valence-electron chi connectivity index (χ0n) is 7.10. The van der Waals surface area contributed by atoms with E-state index in [0.29, 0.717) is 5.92 Å². The van der Waals surface area contributed by atoms with Crippen LogP contribution in [0.5, 0.6) is 0 Å². The molecule has 4 nitrogen and oxygen atoms in total. The Morgan fingerprint density at radius 3 is 2.33 bits per heavy atom. The highest BCUT2D eigenvalue weighted by atomic mass is 16.1. The lowest BCUT2D eigenvalue weighted by atomic mass is 9.73. The third-order valence-electron chi connectivity index (χ3n) is 2.99. The van der Waals surface area contributed by atoms with Crippen molar-refractivity contribution < 1.29 is 4.79 Å². The Kier molecular flexibility index (Phi) is 1.81. The summed E-state index contributed by atoms with van der Waals surface area (Å²) in [5, 5.41) is 6.54. The standard InChI is InChI=1S/C8H15N3O/c9-7(12)8-1-6(2-10-4-8)3-11-5-8/h6,10-11H,1-5H2,(H2,9,12). The third-order valence-corrected chi connectivity index (χ3v) is 2.99. The van der Waals surface area contributed by atoms with Gasteiger partial charge in [-0.05, 0) is 25.4 Å². The van der Waals surface area contributed by atoms with Gasteiger partial charge in [0.25, 0.3) is 0 Å². The van der Waals surface area contributed by atoms with Gasteiger partial charge < -0.3 is 16.4 Å². The van der Waals surface area contributed by atoms with Crippen molar-refractivity contribution in [2.75, 3.05) is 26.2 Å². The number of carbonyl (C=O) groups excluding carboxylic acids is 1. The zero-order chi connectivity index (χ0) is 8.60. The summed E-state index contributed by atoms with van der Waals surface area (Å²) >= 11 is 0. The molecule has 0 saturated carbocycles. The van der Waals surface area contributed by atoms with Gasteiger partial charge >= 0.3 is 0 Å². The minimum atomic E-state index is -0.304. The monoisotopic (exact) mass is 169 g/mol. The number of carbonyl (C=O) groups is 1. The Hall–Kier alpha value is -0.610. The van der Waals surface area contributed by atoms with Crippen LogP contribution in [0.4, 0.5) is 0 Å². The molecule has 2 aliphatic rings. The minimum absolute atomic E-state index is 0.160. The maximum Gasteiger partial charge on any atom is 0.226 e. The van der Waals surface area contributed by atoms with E-state index in [-0.39, 0.29) is 11.3 Å². The van der Waals surface area contributed by atoms with Gasteiger partial charge in [0.05, 0.1) is 5.41 Å². The number of hydrogen-bond acceptors (Lipinski definition) is 3. The fourth-order valence-electron chi connectivity index (χ4n) is 2.28.